The van der Waals surface area contributed by atoms with E-state index < -0.39 is 23.7 Å². The predicted molar refractivity (Wildman–Crippen MR) is 61.8 cm³/mol. The second kappa shape index (κ2) is 5.40. The van der Waals surface area contributed by atoms with Gasteiger partial charge in [0.15, 0.2) is 0 Å². The minimum Gasteiger partial charge on any atom is -1.00 e. The Morgan fingerprint density at radius 3 is 2.33 bits per heavy atom. The van der Waals surface area contributed by atoms with E-state index in [4.69, 9.17) is 9.84 Å². The fraction of sp³-hybridized carbons (Fsp3) is 0.833. The number of hydrogen-bond acceptors (Lipinski definition) is 3. The molecule has 0 aromatic carbocycles. The van der Waals surface area contributed by atoms with Crippen LogP contribution in [-0.2, 0) is 9.53 Å². The van der Waals surface area contributed by atoms with Crippen molar-refractivity contribution < 1.29 is 72.2 Å². The Morgan fingerprint density at radius 2 is 1.94 bits per heavy atom. The zero-order valence-electron chi connectivity index (χ0n) is 12.5. The van der Waals surface area contributed by atoms with Crippen LogP contribution >= 0.6 is 0 Å². The third-order valence-electron chi connectivity index (χ3n) is 3.38. The molecule has 6 heteroatoms. The zero-order valence-corrected chi connectivity index (χ0v) is 14.6. The van der Waals surface area contributed by atoms with Crippen LogP contribution in [-0.4, -0.2) is 40.3 Å². The summed E-state index contributed by atoms with van der Waals surface area (Å²) in [5.41, 5.74) is -0.514. The van der Waals surface area contributed by atoms with Crippen molar-refractivity contribution in [2.75, 3.05) is 6.54 Å². The summed E-state index contributed by atoms with van der Waals surface area (Å²) in [4.78, 5) is 24.5. The van der Waals surface area contributed by atoms with Gasteiger partial charge >= 0.3 is 63.4 Å². The van der Waals surface area contributed by atoms with E-state index in [1.165, 1.54) is 4.90 Å². The maximum absolute atomic E-state index is 11.9. The minimum atomic E-state index is -0.931. The molecule has 1 atom stereocenters. The zero-order chi connectivity index (χ0) is 12.8. The summed E-state index contributed by atoms with van der Waals surface area (Å²) in [6.45, 7) is 5.87. The number of carboxylic acids is 1. The van der Waals surface area contributed by atoms with Crippen LogP contribution in [0.5, 0.6) is 0 Å². The van der Waals surface area contributed by atoms with Crippen molar-refractivity contribution in [1.29, 1.82) is 0 Å². The van der Waals surface area contributed by atoms with Crippen molar-refractivity contribution in [1.82, 2.24) is 4.90 Å². The molecule has 0 bridgehead atoms. The summed E-state index contributed by atoms with van der Waals surface area (Å²) in [7, 11) is 0. The van der Waals surface area contributed by atoms with E-state index in [1.807, 2.05) is 0 Å². The van der Waals surface area contributed by atoms with Crippen LogP contribution < -0.4 is 51.4 Å². The second-order valence-electron chi connectivity index (χ2n) is 6.17. The molecular formula is C12H20KNO4. The molecule has 0 radical (unpaired) electrons. The van der Waals surface area contributed by atoms with Gasteiger partial charge in [0.25, 0.3) is 0 Å². The largest absolute Gasteiger partial charge is 1.00 e. The second-order valence-corrected chi connectivity index (χ2v) is 6.17. The number of hydrogen-bond donors (Lipinski definition) is 1. The Morgan fingerprint density at radius 1 is 1.39 bits per heavy atom. The normalized spacial score (nSPS) is 24.6. The number of carbonyl (C=O) groups is 2. The molecule has 1 N–H and O–H groups in total. The summed E-state index contributed by atoms with van der Waals surface area (Å²) in [6.07, 6.45) is 2.11. The van der Waals surface area contributed by atoms with Gasteiger partial charge in [-0.15, -0.1) is 0 Å². The standard InChI is InChI=1S/C12H19NO4.K.H/c1-11(2,3)17-10(16)13-7-12(4-5-12)6-8(13)9(14)15;;/h8H,4-7H2,1-3H3,(H,14,15);;/q;+1;-1/t8-;;/m0../s1. The van der Waals surface area contributed by atoms with E-state index >= 15 is 0 Å². The van der Waals surface area contributed by atoms with Crippen molar-refractivity contribution in [2.45, 2.75) is 51.7 Å². The number of ether oxygens (including phenoxy) is 1. The van der Waals surface area contributed by atoms with E-state index in [2.05, 4.69) is 0 Å². The third kappa shape index (κ3) is 3.69. The molecule has 0 aromatic heterocycles. The summed E-state index contributed by atoms with van der Waals surface area (Å²) in [6, 6.07) is -0.715. The van der Waals surface area contributed by atoms with Crippen LogP contribution in [0.25, 0.3) is 0 Å². The van der Waals surface area contributed by atoms with Crippen molar-refractivity contribution in [3.8, 4) is 0 Å². The molecule has 98 valence electrons. The number of nitrogens with zero attached hydrogens (tertiary/aromatic N) is 1. The number of carbonyl (C=O) groups excluding carboxylic acids is 1. The van der Waals surface area contributed by atoms with Crippen LogP contribution in [0.2, 0.25) is 0 Å². The Labute approximate surface area is 151 Å². The molecule has 1 saturated carbocycles. The molecule has 0 unspecified atom stereocenters. The van der Waals surface area contributed by atoms with E-state index in [0.717, 1.165) is 12.8 Å². The van der Waals surface area contributed by atoms with Gasteiger partial charge in [-0.25, -0.2) is 9.59 Å². The topological polar surface area (TPSA) is 66.8 Å². The Balaban J connectivity index is 0.00000162. The van der Waals surface area contributed by atoms with Gasteiger partial charge < -0.3 is 11.3 Å². The fourth-order valence-corrected chi connectivity index (χ4v) is 2.33. The van der Waals surface area contributed by atoms with Gasteiger partial charge in [0.2, 0.25) is 0 Å². The number of amides is 1. The molecule has 0 aromatic rings. The van der Waals surface area contributed by atoms with Gasteiger partial charge in [0.1, 0.15) is 11.6 Å². The summed E-state index contributed by atoms with van der Waals surface area (Å²) in [5.74, 6) is -0.931. The fourth-order valence-electron chi connectivity index (χ4n) is 2.33. The van der Waals surface area contributed by atoms with Crippen LogP contribution in [0.3, 0.4) is 0 Å². The molecule has 2 aliphatic rings. The number of aliphatic carboxylic acids is 1. The molecular weight excluding hydrogens is 261 g/mol. The van der Waals surface area contributed by atoms with E-state index in [-0.39, 0.29) is 58.2 Å². The average Bonchev–Trinajstić information content (AvgIpc) is 2.73. The summed E-state index contributed by atoms with van der Waals surface area (Å²) < 4.78 is 5.25. The Kier molecular flexibility index (Phi) is 4.93. The van der Waals surface area contributed by atoms with Crippen LogP contribution in [0.4, 0.5) is 4.79 Å². The smallest absolute Gasteiger partial charge is 1.00 e. The van der Waals surface area contributed by atoms with E-state index in [1.54, 1.807) is 20.8 Å². The van der Waals surface area contributed by atoms with Crippen molar-refractivity contribution >= 4 is 12.1 Å². The third-order valence-corrected chi connectivity index (χ3v) is 3.38. The maximum Gasteiger partial charge on any atom is 1.00 e. The van der Waals surface area contributed by atoms with Crippen LogP contribution in [0, 0.1) is 5.41 Å². The van der Waals surface area contributed by atoms with Crippen LogP contribution in [0.1, 0.15) is 41.5 Å². The SMILES string of the molecule is CC(C)(C)OC(=O)N1CC2(CC2)C[C@H]1C(=O)O.[H-].[K+]. The minimum absolute atomic E-state index is 0. The Hall–Kier alpha value is 0.376. The first-order valence-corrected chi connectivity index (χ1v) is 5.95. The molecule has 1 saturated heterocycles. The molecule has 1 amide bonds. The molecule has 2 rings (SSSR count). The van der Waals surface area contributed by atoms with Crippen LogP contribution in [0.15, 0.2) is 0 Å². The van der Waals surface area contributed by atoms with Crippen molar-refractivity contribution in [3.05, 3.63) is 0 Å². The molecule has 18 heavy (non-hydrogen) atoms. The quantitative estimate of drug-likeness (QED) is 0.625. The van der Waals surface area contributed by atoms with Gasteiger partial charge in [-0.05, 0) is 45.4 Å². The molecule has 1 aliphatic carbocycles. The molecule has 1 spiro atoms. The predicted octanol–water partition coefficient (Wildman–Crippen LogP) is -1.02. The average molecular weight is 281 g/mol. The summed E-state index contributed by atoms with van der Waals surface area (Å²) in [5, 5.41) is 9.14. The molecule has 1 aliphatic heterocycles. The molecule has 5 nitrogen and oxygen atoms in total. The van der Waals surface area contributed by atoms with E-state index in [0.29, 0.717) is 13.0 Å². The van der Waals surface area contributed by atoms with Gasteiger partial charge in [-0.1, -0.05) is 0 Å². The number of carboxylic acid groups (broad SMARTS) is 1. The maximum atomic E-state index is 11.9. The van der Waals surface area contributed by atoms with Crippen molar-refractivity contribution in [3.63, 3.8) is 0 Å². The first kappa shape index (κ1) is 16.4. The molecule has 1 heterocycles. The van der Waals surface area contributed by atoms with E-state index in [9.17, 15) is 9.59 Å². The van der Waals surface area contributed by atoms with Gasteiger partial charge in [0.05, 0.1) is 0 Å². The molecule has 2 fully saturated rings. The Bertz CT molecular complexity index is 365. The monoisotopic (exact) mass is 281 g/mol. The van der Waals surface area contributed by atoms with Gasteiger partial charge in [-0.3, -0.25) is 4.90 Å². The number of likely N-dealkylation sites (tertiary alicyclic amines) is 1. The van der Waals surface area contributed by atoms with Crippen molar-refractivity contribution in [2.24, 2.45) is 5.41 Å². The first-order valence-electron chi connectivity index (χ1n) is 5.95. The van der Waals surface area contributed by atoms with Gasteiger partial charge in [-0.2, -0.15) is 0 Å². The van der Waals surface area contributed by atoms with Gasteiger partial charge in [0, 0.05) is 6.54 Å². The first-order chi connectivity index (χ1) is 7.72. The number of rotatable bonds is 1. The summed E-state index contributed by atoms with van der Waals surface area (Å²) >= 11 is 0.